The SMILES string of the molecule is O=c1n(CCC(O)Cl)c(=O)n(CC2CO2)n1CC1CO1. The van der Waals surface area contributed by atoms with Gasteiger partial charge in [-0.25, -0.2) is 23.5 Å². The monoisotopic (exact) mass is 305 g/mol. The van der Waals surface area contributed by atoms with Crippen molar-refractivity contribution in [1.82, 2.24) is 13.9 Å². The average molecular weight is 306 g/mol. The Morgan fingerprint density at radius 3 is 1.95 bits per heavy atom. The number of nitrogens with zero attached hydrogens (tertiary/aromatic N) is 3. The van der Waals surface area contributed by atoms with Crippen molar-refractivity contribution in [3.63, 3.8) is 0 Å². The van der Waals surface area contributed by atoms with Crippen LogP contribution in [0.4, 0.5) is 0 Å². The fourth-order valence-electron chi connectivity index (χ4n) is 2.08. The van der Waals surface area contributed by atoms with Crippen LogP contribution in [0.2, 0.25) is 0 Å². The lowest BCUT2D eigenvalue weighted by Crippen LogP contribution is -2.30. The molecule has 3 heterocycles. The number of rotatable bonds is 7. The maximum absolute atomic E-state index is 12.3. The van der Waals surface area contributed by atoms with E-state index < -0.39 is 16.9 Å². The first-order valence-corrected chi connectivity index (χ1v) is 6.95. The summed E-state index contributed by atoms with van der Waals surface area (Å²) in [6.07, 6.45) is 0.126. The van der Waals surface area contributed by atoms with Gasteiger partial charge in [0.25, 0.3) is 0 Å². The third kappa shape index (κ3) is 2.98. The van der Waals surface area contributed by atoms with E-state index in [0.29, 0.717) is 26.3 Å². The van der Waals surface area contributed by atoms with E-state index in [1.807, 2.05) is 0 Å². The van der Waals surface area contributed by atoms with E-state index in [-0.39, 0.29) is 25.2 Å². The predicted octanol–water partition coefficient (Wildman–Crippen LogP) is -1.44. The number of aliphatic hydroxyl groups excluding tert-OH is 1. The van der Waals surface area contributed by atoms with Crippen LogP contribution in [0.5, 0.6) is 0 Å². The molecule has 3 rings (SSSR count). The van der Waals surface area contributed by atoms with Gasteiger partial charge in [-0.15, -0.1) is 0 Å². The summed E-state index contributed by atoms with van der Waals surface area (Å²) in [5.74, 6) is 0. The molecule has 3 unspecified atom stereocenters. The Morgan fingerprint density at radius 1 is 1.15 bits per heavy atom. The Labute approximate surface area is 119 Å². The van der Waals surface area contributed by atoms with Gasteiger partial charge in [0.2, 0.25) is 0 Å². The Kier molecular flexibility index (Phi) is 3.72. The molecular formula is C11H16ClN3O5. The molecule has 8 nitrogen and oxygen atoms in total. The molecule has 1 aromatic rings. The predicted molar refractivity (Wildman–Crippen MR) is 68.9 cm³/mol. The summed E-state index contributed by atoms with van der Waals surface area (Å²) in [7, 11) is 0. The van der Waals surface area contributed by atoms with E-state index in [1.165, 1.54) is 9.36 Å². The van der Waals surface area contributed by atoms with Gasteiger partial charge in [-0.3, -0.25) is 0 Å². The molecule has 20 heavy (non-hydrogen) atoms. The Bertz CT molecular complexity index is 551. The van der Waals surface area contributed by atoms with Crippen molar-refractivity contribution < 1.29 is 14.6 Å². The van der Waals surface area contributed by atoms with Gasteiger partial charge in [0.15, 0.2) is 0 Å². The highest BCUT2D eigenvalue weighted by atomic mass is 35.5. The number of hydrogen-bond donors (Lipinski definition) is 1. The zero-order valence-electron chi connectivity index (χ0n) is 10.8. The van der Waals surface area contributed by atoms with E-state index in [2.05, 4.69) is 0 Å². The Hall–Kier alpha value is -1.09. The molecule has 3 atom stereocenters. The van der Waals surface area contributed by atoms with E-state index in [9.17, 15) is 9.59 Å². The number of epoxide rings is 2. The summed E-state index contributed by atoms with van der Waals surface area (Å²) in [5, 5.41) is 9.08. The smallest absolute Gasteiger partial charge is 0.347 e. The van der Waals surface area contributed by atoms with Crippen LogP contribution in [0.1, 0.15) is 6.42 Å². The molecule has 0 bridgehead atoms. The minimum absolute atomic E-state index is 0.00654. The van der Waals surface area contributed by atoms with Gasteiger partial charge in [-0.2, -0.15) is 0 Å². The molecule has 9 heteroatoms. The molecule has 0 aliphatic carbocycles. The van der Waals surface area contributed by atoms with Crippen molar-refractivity contribution in [3.8, 4) is 0 Å². The zero-order valence-corrected chi connectivity index (χ0v) is 11.5. The topological polar surface area (TPSA) is 94.2 Å². The molecule has 112 valence electrons. The number of alkyl halides is 1. The van der Waals surface area contributed by atoms with Gasteiger partial charge >= 0.3 is 11.4 Å². The molecule has 0 amide bonds. The lowest BCUT2D eigenvalue weighted by molar-refractivity contribution is 0.236. The Balaban J connectivity index is 1.90. The van der Waals surface area contributed by atoms with E-state index in [1.54, 1.807) is 0 Å². The lowest BCUT2D eigenvalue weighted by atomic mass is 10.4. The highest BCUT2D eigenvalue weighted by molar-refractivity contribution is 6.19. The van der Waals surface area contributed by atoms with E-state index in [0.717, 1.165) is 4.57 Å². The van der Waals surface area contributed by atoms with Crippen LogP contribution in [0, 0.1) is 0 Å². The highest BCUT2D eigenvalue weighted by Gasteiger charge is 2.30. The summed E-state index contributed by atoms with van der Waals surface area (Å²) < 4.78 is 14.1. The fourth-order valence-corrected chi connectivity index (χ4v) is 2.18. The number of halogens is 1. The number of hydrogen-bond acceptors (Lipinski definition) is 5. The van der Waals surface area contributed by atoms with Crippen molar-refractivity contribution >= 4 is 11.6 Å². The molecule has 1 aromatic heterocycles. The second kappa shape index (κ2) is 5.36. The second-order valence-corrected chi connectivity index (χ2v) is 5.52. The van der Waals surface area contributed by atoms with Crippen LogP contribution >= 0.6 is 11.6 Å². The molecule has 0 aromatic carbocycles. The van der Waals surface area contributed by atoms with Crippen molar-refractivity contribution in [2.24, 2.45) is 0 Å². The summed E-state index contributed by atoms with van der Waals surface area (Å²) in [5.41, 5.74) is -1.87. The molecule has 2 fully saturated rings. The summed E-state index contributed by atoms with van der Waals surface area (Å²) in [6, 6.07) is 0. The van der Waals surface area contributed by atoms with Gasteiger partial charge in [0.05, 0.1) is 26.3 Å². The summed E-state index contributed by atoms with van der Waals surface area (Å²) in [4.78, 5) is 24.5. The standard InChI is InChI=1S/C11H16ClN3O5/c12-9(16)1-2-13-10(17)14(3-7-5-19-7)15(11(13)18)4-8-6-20-8/h7-9,16H,1-6H2. The van der Waals surface area contributed by atoms with Crippen LogP contribution in [0.25, 0.3) is 0 Å². The maximum Gasteiger partial charge on any atom is 0.347 e. The van der Waals surface area contributed by atoms with E-state index in [4.69, 9.17) is 26.2 Å². The highest BCUT2D eigenvalue weighted by Crippen LogP contribution is 2.13. The van der Waals surface area contributed by atoms with Gasteiger partial charge in [-0.05, 0) is 0 Å². The van der Waals surface area contributed by atoms with E-state index >= 15 is 0 Å². The van der Waals surface area contributed by atoms with Crippen LogP contribution in [-0.4, -0.2) is 50.0 Å². The number of aromatic nitrogens is 3. The molecule has 0 radical (unpaired) electrons. The average Bonchev–Trinajstić information content (AvgIpc) is 3.26. The van der Waals surface area contributed by atoms with Gasteiger partial charge in [0, 0.05) is 13.0 Å². The molecule has 0 saturated carbocycles. The van der Waals surface area contributed by atoms with Crippen molar-refractivity contribution in [3.05, 3.63) is 21.0 Å². The zero-order chi connectivity index (χ0) is 14.3. The minimum Gasteiger partial charge on any atom is -0.378 e. The second-order valence-electron chi connectivity index (χ2n) is 5.01. The number of ether oxygens (including phenoxy) is 2. The largest absolute Gasteiger partial charge is 0.378 e. The molecule has 2 aliphatic rings. The normalized spacial score (nSPS) is 25.7. The van der Waals surface area contributed by atoms with Crippen LogP contribution < -0.4 is 11.4 Å². The first-order chi connectivity index (χ1) is 9.56. The van der Waals surface area contributed by atoms with Crippen LogP contribution in [0.15, 0.2) is 9.59 Å². The first kappa shape index (κ1) is 13.9. The lowest BCUT2D eigenvalue weighted by Gasteiger charge is -2.05. The van der Waals surface area contributed by atoms with Gasteiger partial charge < -0.3 is 14.6 Å². The molecule has 0 spiro atoms. The summed E-state index contributed by atoms with van der Waals surface area (Å²) in [6.45, 7) is 2.01. The van der Waals surface area contributed by atoms with Gasteiger partial charge in [0.1, 0.15) is 17.8 Å². The van der Waals surface area contributed by atoms with Crippen LogP contribution in [0.3, 0.4) is 0 Å². The molecular weight excluding hydrogens is 290 g/mol. The molecule has 2 aliphatic heterocycles. The van der Waals surface area contributed by atoms with Crippen LogP contribution in [-0.2, 0) is 29.1 Å². The first-order valence-electron chi connectivity index (χ1n) is 6.52. The molecule has 1 N–H and O–H groups in total. The van der Waals surface area contributed by atoms with Crippen molar-refractivity contribution in [2.75, 3.05) is 13.2 Å². The third-order valence-corrected chi connectivity index (χ3v) is 3.56. The fraction of sp³-hybridized carbons (Fsp3) is 0.818. The van der Waals surface area contributed by atoms with Crippen molar-refractivity contribution in [1.29, 1.82) is 0 Å². The summed E-state index contributed by atoms with van der Waals surface area (Å²) >= 11 is 5.45. The maximum atomic E-state index is 12.3. The molecule has 2 saturated heterocycles. The Morgan fingerprint density at radius 2 is 1.60 bits per heavy atom. The number of aliphatic hydroxyl groups is 1. The quantitative estimate of drug-likeness (QED) is 0.492. The minimum atomic E-state index is -1.07. The van der Waals surface area contributed by atoms with Crippen molar-refractivity contribution in [2.45, 2.75) is 43.8 Å². The van der Waals surface area contributed by atoms with Gasteiger partial charge in [-0.1, -0.05) is 11.6 Å². The third-order valence-electron chi connectivity index (χ3n) is 3.34.